The molecule has 19 heavy (non-hydrogen) atoms. The lowest BCUT2D eigenvalue weighted by molar-refractivity contribution is 0.601. The number of aromatic nitrogens is 1. The van der Waals surface area contributed by atoms with E-state index in [0.717, 1.165) is 11.8 Å². The molecule has 1 aromatic heterocycles. The molecule has 0 aliphatic heterocycles. The van der Waals surface area contributed by atoms with Crippen LogP contribution < -0.4 is 5.32 Å². The Labute approximate surface area is 117 Å². The van der Waals surface area contributed by atoms with E-state index in [-0.39, 0.29) is 4.90 Å². The molecule has 0 radical (unpaired) electrons. The SMILES string of the molecule is CS(=O)(=O)c1ccc(NCc2ccc(Cl)cc2)nc1. The fourth-order valence-electron chi connectivity index (χ4n) is 1.50. The van der Waals surface area contributed by atoms with E-state index >= 15 is 0 Å². The summed E-state index contributed by atoms with van der Waals surface area (Å²) < 4.78 is 22.6. The zero-order valence-corrected chi connectivity index (χ0v) is 11.9. The highest BCUT2D eigenvalue weighted by atomic mass is 35.5. The van der Waals surface area contributed by atoms with Crippen molar-refractivity contribution in [2.45, 2.75) is 11.4 Å². The largest absolute Gasteiger partial charge is 0.366 e. The third-order valence-electron chi connectivity index (χ3n) is 2.55. The molecule has 4 nitrogen and oxygen atoms in total. The zero-order chi connectivity index (χ0) is 13.9. The Morgan fingerprint density at radius 1 is 1.16 bits per heavy atom. The van der Waals surface area contributed by atoms with Gasteiger partial charge in [0.05, 0.1) is 4.90 Å². The second kappa shape index (κ2) is 5.59. The van der Waals surface area contributed by atoms with E-state index in [1.165, 1.54) is 12.3 Å². The van der Waals surface area contributed by atoms with Gasteiger partial charge in [-0.25, -0.2) is 13.4 Å². The quantitative estimate of drug-likeness (QED) is 0.942. The molecule has 0 atom stereocenters. The summed E-state index contributed by atoms with van der Waals surface area (Å²) in [6, 6.07) is 10.6. The Kier molecular flexibility index (Phi) is 4.07. The molecule has 0 aliphatic carbocycles. The molecule has 1 heterocycles. The molecule has 0 fully saturated rings. The maximum absolute atomic E-state index is 11.3. The van der Waals surface area contributed by atoms with Gasteiger partial charge in [-0.05, 0) is 29.8 Å². The van der Waals surface area contributed by atoms with Gasteiger partial charge in [0.1, 0.15) is 5.82 Å². The van der Waals surface area contributed by atoms with Crippen LogP contribution in [0.3, 0.4) is 0 Å². The van der Waals surface area contributed by atoms with Gasteiger partial charge in [-0.3, -0.25) is 0 Å². The average molecular weight is 297 g/mol. The number of rotatable bonds is 4. The van der Waals surface area contributed by atoms with Crippen LogP contribution in [0, 0.1) is 0 Å². The molecule has 1 aromatic carbocycles. The Balaban J connectivity index is 2.02. The Hall–Kier alpha value is -1.59. The van der Waals surface area contributed by atoms with Crippen molar-refractivity contribution in [3.63, 3.8) is 0 Å². The van der Waals surface area contributed by atoms with Crippen molar-refractivity contribution >= 4 is 27.3 Å². The molecule has 0 saturated heterocycles. The molecule has 0 spiro atoms. The van der Waals surface area contributed by atoms with Gasteiger partial charge < -0.3 is 5.32 Å². The standard InChI is InChI=1S/C13H13ClN2O2S/c1-19(17,18)12-6-7-13(16-9-12)15-8-10-2-4-11(14)5-3-10/h2-7,9H,8H2,1H3,(H,15,16). The number of sulfone groups is 1. The van der Waals surface area contributed by atoms with Crippen molar-refractivity contribution in [3.8, 4) is 0 Å². The second-order valence-electron chi connectivity index (χ2n) is 4.13. The lowest BCUT2D eigenvalue weighted by atomic mass is 10.2. The number of benzene rings is 1. The maximum atomic E-state index is 11.3. The van der Waals surface area contributed by atoms with Gasteiger partial charge in [-0.2, -0.15) is 0 Å². The first kappa shape index (κ1) is 13.8. The zero-order valence-electron chi connectivity index (χ0n) is 10.3. The fraction of sp³-hybridized carbons (Fsp3) is 0.154. The third-order valence-corrected chi connectivity index (χ3v) is 3.90. The van der Waals surface area contributed by atoms with Gasteiger partial charge in [0.2, 0.25) is 0 Å². The number of nitrogens with zero attached hydrogens (tertiary/aromatic N) is 1. The molecule has 0 saturated carbocycles. The van der Waals surface area contributed by atoms with E-state index in [1.54, 1.807) is 6.07 Å². The van der Waals surface area contributed by atoms with Crippen LogP contribution in [0.25, 0.3) is 0 Å². The minimum Gasteiger partial charge on any atom is -0.366 e. The highest BCUT2D eigenvalue weighted by Gasteiger charge is 2.06. The van der Waals surface area contributed by atoms with Gasteiger partial charge in [-0.1, -0.05) is 23.7 Å². The van der Waals surface area contributed by atoms with Crippen LogP contribution in [0.5, 0.6) is 0 Å². The van der Waals surface area contributed by atoms with Crippen molar-refractivity contribution in [1.82, 2.24) is 4.98 Å². The Morgan fingerprint density at radius 2 is 1.84 bits per heavy atom. The maximum Gasteiger partial charge on any atom is 0.177 e. The van der Waals surface area contributed by atoms with E-state index in [4.69, 9.17) is 11.6 Å². The molecule has 0 unspecified atom stereocenters. The molecular weight excluding hydrogens is 284 g/mol. The van der Waals surface area contributed by atoms with Crippen LogP contribution >= 0.6 is 11.6 Å². The van der Waals surface area contributed by atoms with Gasteiger partial charge in [0.15, 0.2) is 9.84 Å². The summed E-state index contributed by atoms with van der Waals surface area (Å²) in [6.07, 6.45) is 2.50. The summed E-state index contributed by atoms with van der Waals surface area (Å²) in [4.78, 5) is 4.27. The predicted molar refractivity (Wildman–Crippen MR) is 76.1 cm³/mol. The molecular formula is C13H13ClN2O2S. The van der Waals surface area contributed by atoms with Crippen LogP contribution in [0.4, 0.5) is 5.82 Å². The molecule has 0 aliphatic rings. The lowest BCUT2D eigenvalue weighted by Crippen LogP contribution is -2.03. The van der Waals surface area contributed by atoms with E-state index in [0.29, 0.717) is 17.4 Å². The normalized spacial score (nSPS) is 11.3. The first-order chi connectivity index (χ1) is 8.95. The van der Waals surface area contributed by atoms with Crippen LogP contribution in [-0.2, 0) is 16.4 Å². The van der Waals surface area contributed by atoms with Crippen LogP contribution in [0.1, 0.15) is 5.56 Å². The molecule has 0 bridgehead atoms. The first-order valence-corrected chi connectivity index (χ1v) is 7.86. The van der Waals surface area contributed by atoms with Gasteiger partial charge in [0, 0.05) is 24.0 Å². The van der Waals surface area contributed by atoms with Crippen molar-refractivity contribution < 1.29 is 8.42 Å². The molecule has 0 amide bonds. The molecule has 100 valence electrons. The third kappa shape index (κ3) is 3.94. The van der Waals surface area contributed by atoms with E-state index in [9.17, 15) is 8.42 Å². The van der Waals surface area contributed by atoms with E-state index in [1.807, 2.05) is 24.3 Å². The second-order valence-corrected chi connectivity index (χ2v) is 6.58. The van der Waals surface area contributed by atoms with Crippen LogP contribution in [-0.4, -0.2) is 19.7 Å². The number of anilines is 1. The van der Waals surface area contributed by atoms with Crippen LogP contribution in [0.15, 0.2) is 47.5 Å². The summed E-state index contributed by atoms with van der Waals surface area (Å²) in [5, 5.41) is 3.80. The van der Waals surface area contributed by atoms with E-state index < -0.39 is 9.84 Å². The van der Waals surface area contributed by atoms with Gasteiger partial charge in [0.25, 0.3) is 0 Å². The minimum atomic E-state index is -3.20. The summed E-state index contributed by atoms with van der Waals surface area (Å²) >= 11 is 5.80. The molecule has 2 aromatic rings. The summed E-state index contributed by atoms with van der Waals surface area (Å²) in [7, 11) is -3.20. The summed E-state index contributed by atoms with van der Waals surface area (Å²) in [6.45, 7) is 0.600. The van der Waals surface area contributed by atoms with Gasteiger partial charge >= 0.3 is 0 Å². The van der Waals surface area contributed by atoms with Crippen molar-refractivity contribution in [3.05, 3.63) is 53.2 Å². The average Bonchev–Trinajstić information content (AvgIpc) is 2.37. The molecule has 2 rings (SSSR count). The summed E-state index contributed by atoms with van der Waals surface area (Å²) in [5.41, 5.74) is 1.07. The number of hydrogen-bond acceptors (Lipinski definition) is 4. The van der Waals surface area contributed by atoms with Crippen molar-refractivity contribution in [1.29, 1.82) is 0 Å². The lowest BCUT2D eigenvalue weighted by Gasteiger charge is -2.06. The van der Waals surface area contributed by atoms with E-state index in [2.05, 4.69) is 10.3 Å². The van der Waals surface area contributed by atoms with Crippen LogP contribution in [0.2, 0.25) is 5.02 Å². The van der Waals surface area contributed by atoms with Crippen molar-refractivity contribution in [2.75, 3.05) is 11.6 Å². The van der Waals surface area contributed by atoms with Crippen molar-refractivity contribution in [2.24, 2.45) is 0 Å². The Bertz CT molecular complexity index is 652. The summed E-state index contributed by atoms with van der Waals surface area (Å²) in [5.74, 6) is 0.627. The number of hydrogen-bond donors (Lipinski definition) is 1. The van der Waals surface area contributed by atoms with Gasteiger partial charge in [-0.15, -0.1) is 0 Å². The fourth-order valence-corrected chi connectivity index (χ4v) is 2.18. The monoisotopic (exact) mass is 296 g/mol. The topological polar surface area (TPSA) is 59.1 Å². The number of nitrogens with one attached hydrogen (secondary N) is 1. The molecule has 1 N–H and O–H groups in total. The Morgan fingerprint density at radius 3 is 2.37 bits per heavy atom. The highest BCUT2D eigenvalue weighted by molar-refractivity contribution is 7.90. The minimum absolute atomic E-state index is 0.213. The smallest absolute Gasteiger partial charge is 0.177 e. The number of halogens is 1. The first-order valence-electron chi connectivity index (χ1n) is 5.59. The highest BCUT2D eigenvalue weighted by Crippen LogP contribution is 2.13. The number of pyridine rings is 1. The predicted octanol–water partition coefficient (Wildman–Crippen LogP) is 2.75. The molecule has 6 heteroatoms.